The molecule has 6 heteroatoms. The molecule has 0 bridgehead atoms. The lowest BCUT2D eigenvalue weighted by atomic mass is 9.99. The lowest BCUT2D eigenvalue weighted by Gasteiger charge is -2.36. The Morgan fingerprint density at radius 3 is 2.25 bits per heavy atom. The number of aryl methyl sites for hydroxylation is 1. The Labute approximate surface area is 145 Å². The zero-order valence-electron chi connectivity index (χ0n) is 15.0. The monoisotopic (exact) mass is 352 g/mol. The van der Waals surface area contributed by atoms with Crippen molar-refractivity contribution in [3.8, 4) is 0 Å². The van der Waals surface area contributed by atoms with Crippen molar-refractivity contribution >= 4 is 21.6 Å². The van der Waals surface area contributed by atoms with Crippen LogP contribution >= 0.6 is 0 Å². The van der Waals surface area contributed by atoms with Gasteiger partial charge in [-0.15, -0.1) is 0 Å². The highest BCUT2D eigenvalue weighted by Crippen LogP contribution is 2.24. The fourth-order valence-electron chi connectivity index (χ4n) is 3.17. The van der Waals surface area contributed by atoms with Crippen LogP contribution in [0.25, 0.3) is 0 Å². The van der Waals surface area contributed by atoms with Crippen molar-refractivity contribution in [3.05, 3.63) is 29.8 Å². The molecule has 1 saturated heterocycles. The van der Waals surface area contributed by atoms with Crippen LogP contribution in [0.15, 0.2) is 24.3 Å². The van der Waals surface area contributed by atoms with Gasteiger partial charge in [-0.05, 0) is 49.8 Å². The first-order valence-electron chi connectivity index (χ1n) is 8.61. The highest BCUT2D eigenvalue weighted by atomic mass is 32.2. The van der Waals surface area contributed by atoms with Crippen molar-refractivity contribution in [1.29, 1.82) is 0 Å². The minimum Gasteiger partial charge on any atom is -0.341 e. The van der Waals surface area contributed by atoms with Gasteiger partial charge in [0.25, 0.3) is 0 Å². The van der Waals surface area contributed by atoms with Crippen molar-refractivity contribution in [2.75, 3.05) is 23.7 Å². The van der Waals surface area contributed by atoms with Crippen LogP contribution in [-0.2, 0) is 21.2 Å². The van der Waals surface area contributed by atoms with Gasteiger partial charge in [-0.3, -0.25) is 9.10 Å². The minimum absolute atomic E-state index is 0.119. The van der Waals surface area contributed by atoms with Crippen molar-refractivity contribution in [3.63, 3.8) is 0 Å². The zero-order valence-corrected chi connectivity index (χ0v) is 15.8. The molecule has 24 heavy (non-hydrogen) atoms. The van der Waals surface area contributed by atoms with Gasteiger partial charge in [-0.1, -0.05) is 26.0 Å². The summed E-state index contributed by atoms with van der Waals surface area (Å²) in [6.45, 7) is 7.32. The van der Waals surface area contributed by atoms with E-state index in [1.165, 1.54) is 4.31 Å². The number of piperidine rings is 1. The zero-order chi connectivity index (χ0) is 17.9. The number of carbonyl (C=O) groups excluding carboxylic acids is 1. The van der Waals surface area contributed by atoms with Crippen LogP contribution in [0, 0.1) is 5.92 Å². The summed E-state index contributed by atoms with van der Waals surface area (Å²) in [6, 6.07) is 6.64. The van der Waals surface area contributed by atoms with E-state index in [-0.39, 0.29) is 5.91 Å². The lowest BCUT2D eigenvalue weighted by Crippen LogP contribution is -2.51. The Balaban J connectivity index is 2.25. The fourth-order valence-corrected chi connectivity index (χ4v) is 4.34. The maximum Gasteiger partial charge on any atom is 0.246 e. The van der Waals surface area contributed by atoms with Gasteiger partial charge in [0.2, 0.25) is 15.9 Å². The van der Waals surface area contributed by atoms with E-state index in [1.807, 2.05) is 19.1 Å². The molecule has 2 rings (SSSR count). The van der Waals surface area contributed by atoms with Gasteiger partial charge < -0.3 is 4.90 Å². The number of sulfonamides is 1. The van der Waals surface area contributed by atoms with Gasteiger partial charge >= 0.3 is 0 Å². The summed E-state index contributed by atoms with van der Waals surface area (Å²) in [7, 11) is -3.55. The molecule has 1 aromatic rings. The van der Waals surface area contributed by atoms with E-state index in [0.29, 0.717) is 24.7 Å². The number of anilines is 1. The van der Waals surface area contributed by atoms with Crippen LogP contribution in [0.3, 0.4) is 0 Å². The van der Waals surface area contributed by atoms with Gasteiger partial charge in [0.1, 0.15) is 6.04 Å². The van der Waals surface area contributed by atoms with Gasteiger partial charge in [0.15, 0.2) is 0 Å². The maximum absolute atomic E-state index is 12.8. The fraction of sp³-hybridized carbons (Fsp3) is 0.611. The topological polar surface area (TPSA) is 57.7 Å². The third kappa shape index (κ3) is 4.29. The summed E-state index contributed by atoms with van der Waals surface area (Å²) in [5.74, 6) is 0.504. The van der Waals surface area contributed by atoms with E-state index in [1.54, 1.807) is 24.0 Å². The number of carbonyl (C=O) groups is 1. The molecular weight excluding hydrogens is 324 g/mol. The molecule has 134 valence electrons. The summed E-state index contributed by atoms with van der Waals surface area (Å²) in [6.07, 6.45) is 3.99. The number of benzene rings is 1. The molecule has 1 aliphatic rings. The number of rotatable bonds is 5. The number of nitrogens with zero attached hydrogens (tertiary/aromatic N) is 2. The molecule has 0 aromatic heterocycles. The van der Waals surface area contributed by atoms with Crippen molar-refractivity contribution in [2.24, 2.45) is 5.92 Å². The van der Waals surface area contributed by atoms with E-state index >= 15 is 0 Å². The van der Waals surface area contributed by atoms with Gasteiger partial charge in [-0.2, -0.15) is 0 Å². The summed E-state index contributed by atoms with van der Waals surface area (Å²) in [4.78, 5) is 14.6. The number of hydrogen-bond donors (Lipinski definition) is 0. The molecule has 1 amide bonds. The van der Waals surface area contributed by atoms with E-state index in [0.717, 1.165) is 31.1 Å². The van der Waals surface area contributed by atoms with Crippen LogP contribution in [0.5, 0.6) is 0 Å². The van der Waals surface area contributed by atoms with E-state index in [2.05, 4.69) is 6.92 Å². The molecule has 0 spiro atoms. The Bertz CT molecular complexity index is 662. The van der Waals surface area contributed by atoms with Crippen LogP contribution in [0.4, 0.5) is 5.69 Å². The predicted molar refractivity (Wildman–Crippen MR) is 97.6 cm³/mol. The normalized spacial score (nSPS) is 17.6. The van der Waals surface area contributed by atoms with Crippen molar-refractivity contribution < 1.29 is 13.2 Å². The molecule has 1 aromatic carbocycles. The third-order valence-corrected chi connectivity index (χ3v) is 6.00. The smallest absolute Gasteiger partial charge is 0.246 e. The Morgan fingerprint density at radius 1 is 1.25 bits per heavy atom. The third-order valence-electron chi connectivity index (χ3n) is 4.76. The van der Waals surface area contributed by atoms with Crippen molar-refractivity contribution in [2.45, 2.75) is 46.1 Å². The van der Waals surface area contributed by atoms with Gasteiger partial charge in [-0.25, -0.2) is 8.42 Å². The maximum atomic E-state index is 12.8. The van der Waals surface area contributed by atoms with Crippen LogP contribution in [0.2, 0.25) is 0 Å². The molecule has 0 unspecified atom stereocenters. The molecule has 0 N–H and O–H groups in total. The minimum atomic E-state index is -3.55. The highest BCUT2D eigenvalue weighted by Gasteiger charge is 2.33. The second-order valence-corrected chi connectivity index (χ2v) is 8.62. The quantitative estimate of drug-likeness (QED) is 0.818. The van der Waals surface area contributed by atoms with Crippen LogP contribution < -0.4 is 4.31 Å². The Morgan fingerprint density at radius 2 is 1.79 bits per heavy atom. The second-order valence-electron chi connectivity index (χ2n) is 6.76. The number of hydrogen-bond acceptors (Lipinski definition) is 3. The Kier molecular flexibility index (Phi) is 5.91. The highest BCUT2D eigenvalue weighted by molar-refractivity contribution is 7.92. The van der Waals surface area contributed by atoms with E-state index < -0.39 is 16.1 Å². The first-order valence-corrected chi connectivity index (χ1v) is 10.5. The summed E-state index contributed by atoms with van der Waals surface area (Å²) < 4.78 is 25.9. The molecule has 1 fully saturated rings. The van der Waals surface area contributed by atoms with Gasteiger partial charge in [0.05, 0.1) is 11.9 Å². The number of likely N-dealkylation sites (tertiary alicyclic amines) is 1. The standard InChI is InChI=1S/C18H28N2O3S/c1-5-16-6-8-17(9-7-16)20(24(4,22)23)15(3)18(21)19-12-10-14(2)11-13-19/h6-9,14-15H,5,10-13H2,1-4H3/t15-/m1/s1. The van der Waals surface area contributed by atoms with Crippen LogP contribution in [0.1, 0.15) is 39.2 Å². The SMILES string of the molecule is CCc1ccc(N([C@H](C)C(=O)N2CCC(C)CC2)S(C)(=O)=O)cc1. The summed E-state index contributed by atoms with van der Waals surface area (Å²) in [5.41, 5.74) is 1.68. The largest absolute Gasteiger partial charge is 0.341 e. The molecule has 5 nitrogen and oxygen atoms in total. The van der Waals surface area contributed by atoms with E-state index in [9.17, 15) is 13.2 Å². The van der Waals surface area contributed by atoms with Gasteiger partial charge in [0, 0.05) is 13.1 Å². The number of amides is 1. The molecule has 1 aliphatic heterocycles. The molecule has 0 saturated carbocycles. The molecule has 0 radical (unpaired) electrons. The lowest BCUT2D eigenvalue weighted by molar-refractivity contribution is -0.133. The Hall–Kier alpha value is -1.56. The molecule has 0 aliphatic carbocycles. The average molecular weight is 352 g/mol. The first-order chi connectivity index (χ1) is 11.2. The van der Waals surface area contributed by atoms with Crippen LogP contribution in [-0.4, -0.2) is 44.6 Å². The average Bonchev–Trinajstić information content (AvgIpc) is 2.54. The summed E-state index contributed by atoms with van der Waals surface area (Å²) in [5, 5.41) is 0. The molecule has 1 heterocycles. The first kappa shape index (κ1) is 18.8. The summed E-state index contributed by atoms with van der Waals surface area (Å²) >= 11 is 0. The molecular formula is C18H28N2O3S. The molecule has 1 atom stereocenters. The predicted octanol–water partition coefficient (Wildman–Crippen LogP) is 2.66. The second kappa shape index (κ2) is 7.55. The van der Waals surface area contributed by atoms with E-state index in [4.69, 9.17) is 0 Å². The van der Waals surface area contributed by atoms with Crippen molar-refractivity contribution in [1.82, 2.24) is 4.90 Å².